The molecule has 2 fully saturated rings. The van der Waals surface area contributed by atoms with Crippen LogP contribution in [0.25, 0.3) is 11.0 Å². The number of likely N-dealkylation sites (tertiary alicyclic amines) is 1. The number of aromatic nitrogens is 4. The third kappa shape index (κ3) is 3.96. The fraction of sp³-hybridized carbons (Fsp3) is 0.458. The third-order valence-electron chi connectivity index (χ3n) is 6.72. The lowest BCUT2D eigenvalue weighted by Gasteiger charge is -2.32. The maximum Gasteiger partial charge on any atom is 0.256 e. The Morgan fingerprint density at radius 2 is 1.84 bits per heavy atom. The summed E-state index contributed by atoms with van der Waals surface area (Å²) in [5, 5.41) is 1.10. The summed E-state index contributed by atoms with van der Waals surface area (Å²) >= 11 is 0. The minimum absolute atomic E-state index is 0.0358. The van der Waals surface area contributed by atoms with Gasteiger partial charge in [0, 0.05) is 47.5 Å². The second-order valence-electron chi connectivity index (χ2n) is 8.87. The Kier molecular flexibility index (Phi) is 5.04. The van der Waals surface area contributed by atoms with Crippen LogP contribution >= 0.6 is 0 Å². The van der Waals surface area contributed by atoms with E-state index in [0.717, 1.165) is 29.6 Å². The largest absolute Gasteiger partial charge is 0.341 e. The van der Waals surface area contributed by atoms with Crippen molar-refractivity contribution in [3.63, 3.8) is 0 Å². The van der Waals surface area contributed by atoms with Gasteiger partial charge in [0.05, 0.1) is 6.33 Å². The lowest BCUT2D eigenvalue weighted by molar-refractivity contribution is -0.133. The molecule has 5 rings (SSSR count). The zero-order chi connectivity index (χ0) is 21.5. The van der Waals surface area contributed by atoms with Crippen molar-refractivity contribution in [3.8, 4) is 0 Å². The molecular weight excluding hydrogens is 390 g/mol. The highest BCUT2D eigenvalue weighted by atomic mass is 16.2. The van der Waals surface area contributed by atoms with Gasteiger partial charge in [-0.25, -0.2) is 15.0 Å². The Labute approximate surface area is 181 Å². The van der Waals surface area contributed by atoms with E-state index >= 15 is 0 Å². The van der Waals surface area contributed by atoms with Crippen LogP contribution in [0.5, 0.6) is 0 Å². The van der Waals surface area contributed by atoms with E-state index in [2.05, 4.69) is 28.2 Å². The summed E-state index contributed by atoms with van der Waals surface area (Å²) in [6, 6.07) is 6.47. The summed E-state index contributed by atoms with van der Waals surface area (Å²) < 4.78 is 1.41. The summed E-state index contributed by atoms with van der Waals surface area (Å²) in [7, 11) is 0. The number of pyridine rings is 2. The molecule has 1 saturated carbocycles. The average Bonchev–Trinajstić information content (AvgIpc) is 3.64. The maximum atomic E-state index is 12.7. The number of piperidine rings is 1. The molecule has 0 N–H and O–H groups in total. The molecule has 160 valence electrons. The van der Waals surface area contributed by atoms with Crippen molar-refractivity contribution in [3.05, 3.63) is 63.6 Å². The number of hydrogen-bond acceptors (Lipinski definition) is 5. The van der Waals surface area contributed by atoms with Crippen LogP contribution in [0.15, 0.2) is 35.5 Å². The summed E-state index contributed by atoms with van der Waals surface area (Å²) in [6.45, 7) is 4.93. The molecule has 1 aliphatic carbocycles. The maximum absolute atomic E-state index is 12.7. The van der Waals surface area contributed by atoms with Gasteiger partial charge >= 0.3 is 0 Å². The van der Waals surface area contributed by atoms with E-state index in [4.69, 9.17) is 4.98 Å². The number of carbonyl (C=O) groups excluding carboxylic acids is 1. The summed E-state index contributed by atoms with van der Waals surface area (Å²) in [4.78, 5) is 40.6. The number of hydrogen-bond donors (Lipinski definition) is 0. The summed E-state index contributed by atoms with van der Waals surface area (Å²) in [5.41, 5.74) is 4.34. The molecule has 7 heteroatoms. The highest BCUT2D eigenvalue weighted by Crippen LogP contribution is 2.40. The van der Waals surface area contributed by atoms with E-state index < -0.39 is 0 Å². The van der Waals surface area contributed by atoms with Gasteiger partial charge in [-0.1, -0.05) is 0 Å². The highest BCUT2D eigenvalue weighted by molar-refractivity contribution is 5.76. The lowest BCUT2D eigenvalue weighted by atomic mass is 9.92. The molecule has 1 saturated heterocycles. The second-order valence-corrected chi connectivity index (χ2v) is 8.87. The van der Waals surface area contributed by atoms with Crippen LogP contribution in [0.3, 0.4) is 0 Å². The Hall–Kier alpha value is -3.09. The Balaban J connectivity index is 1.23. The van der Waals surface area contributed by atoms with Gasteiger partial charge < -0.3 is 4.90 Å². The van der Waals surface area contributed by atoms with Gasteiger partial charge in [-0.3, -0.25) is 14.2 Å². The molecular formula is C24H27N5O2. The van der Waals surface area contributed by atoms with Crippen LogP contribution in [-0.2, 0) is 11.3 Å². The minimum Gasteiger partial charge on any atom is -0.341 e. The van der Waals surface area contributed by atoms with Crippen molar-refractivity contribution in [1.82, 2.24) is 24.4 Å². The zero-order valence-corrected chi connectivity index (χ0v) is 18.0. The highest BCUT2D eigenvalue weighted by Gasteiger charge is 2.26. The standard InChI is InChI=1S/C24H27N5O2/c1-15-16(2)26-14-29(24(15)31)13-22(30)28-9-7-18(8-10-28)21-6-5-19-11-20(17-3-4-17)12-25-23(19)27-21/h5-6,11-12,14,17-18H,3-4,7-10,13H2,1-2H3. The topological polar surface area (TPSA) is 81.0 Å². The fourth-order valence-corrected chi connectivity index (χ4v) is 4.37. The van der Waals surface area contributed by atoms with Gasteiger partial charge in [0.25, 0.3) is 5.56 Å². The molecule has 3 aromatic rings. The van der Waals surface area contributed by atoms with Crippen LogP contribution in [0, 0.1) is 13.8 Å². The van der Waals surface area contributed by atoms with Crippen LogP contribution in [0.1, 0.15) is 60.0 Å². The predicted octanol–water partition coefficient (Wildman–Crippen LogP) is 3.09. The number of rotatable bonds is 4. The van der Waals surface area contributed by atoms with Crippen molar-refractivity contribution in [2.24, 2.45) is 0 Å². The summed E-state index contributed by atoms with van der Waals surface area (Å²) in [6.07, 6.45) is 7.71. The quantitative estimate of drug-likeness (QED) is 0.652. The average molecular weight is 418 g/mol. The van der Waals surface area contributed by atoms with Gasteiger partial charge in [0.1, 0.15) is 6.54 Å². The van der Waals surface area contributed by atoms with Crippen molar-refractivity contribution in [2.45, 2.75) is 57.9 Å². The normalized spacial score (nSPS) is 17.3. The van der Waals surface area contributed by atoms with Gasteiger partial charge in [-0.2, -0.15) is 0 Å². The smallest absolute Gasteiger partial charge is 0.256 e. The number of aryl methyl sites for hydroxylation is 1. The van der Waals surface area contributed by atoms with Gasteiger partial charge in [0.15, 0.2) is 5.65 Å². The fourth-order valence-electron chi connectivity index (χ4n) is 4.37. The van der Waals surface area contributed by atoms with E-state index in [0.29, 0.717) is 36.2 Å². The molecule has 0 spiro atoms. The number of nitrogens with zero attached hydrogens (tertiary/aromatic N) is 5. The number of carbonyl (C=O) groups is 1. The van der Waals surface area contributed by atoms with Gasteiger partial charge in [-0.15, -0.1) is 0 Å². The molecule has 3 aromatic heterocycles. The van der Waals surface area contributed by atoms with E-state index in [1.807, 2.05) is 11.1 Å². The monoisotopic (exact) mass is 417 g/mol. The van der Waals surface area contributed by atoms with E-state index in [1.54, 1.807) is 13.8 Å². The summed E-state index contributed by atoms with van der Waals surface area (Å²) in [5.74, 6) is 0.976. The van der Waals surface area contributed by atoms with E-state index in [1.165, 1.54) is 29.3 Å². The molecule has 0 radical (unpaired) electrons. The van der Waals surface area contributed by atoms with Crippen molar-refractivity contribution in [2.75, 3.05) is 13.1 Å². The first kappa shape index (κ1) is 19.8. The first-order valence-corrected chi connectivity index (χ1v) is 11.1. The van der Waals surface area contributed by atoms with Crippen molar-refractivity contribution in [1.29, 1.82) is 0 Å². The minimum atomic E-state index is -0.145. The lowest BCUT2D eigenvalue weighted by Crippen LogP contribution is -2.41. The Morgan fingerprint density at radius 3 is 2.58 bits per heavy atom. The van der Waals surface area contributed by atoms with E-state index in [-0.39, 0.29) is 18.0 Å². The molecule has 0 unspecified atom stereocenters. The number of amides is 1. The van der Waals surface area contributed by atoms with Gasteiger partial charge in [-0.05, 0) is 69.2 Å². The molecule has 31 heavy (non-hydrogen) atoms. The molecule has 7 nitrogen and oxygen atoms in total. The van der Waals surface area contributed by atoms with Gasteiger partial charge in [0.2, 0.25) is 5.91 Å². The third-order valence-corrected chi connectivity index (χ3v) is 6.72. The van der Waals surface area contributed by atoms with Crippen LogP contribution in [0.2, 0.25) is 0 Å². The van der Waals surface area contributed by atoms with Crippen LogP contribution in [0.4, 0.5) is 0 Å². The molecule has 1 aliphatic heterocycles. The SMILES string of the molecule is Cc1ncn(CC(=O)N2CCC(c3ccc4cc(C5CC5)cnc4n3)CC2)c(=O)c1C. The first-order chi connectivity index (χ1) is 15.0. The van der Waals surface area contributed by atoms with E-state index in [9.17, 15) is 9.59 Å². The zero-order valence-electron chi connectivity index (χ0n) is 18.0. The number of fused-ring (bicyclic) bond motifs is 1. The molecule has 0 aromatic carbocycles. The molecule has 0 bridgehead atoms. The molecule has 2 aliphatic rings. The molecule has 4 heterocycles. The Morgan fingerprint density at radius 1 is 1.06 bits per heavy atom. The Bertz CT molecular complexity index is 1210. The molecule has 0 atom stereocenters. The van der Waals surface area contributed by atoms with Crippen molar-refractivity contribution >= 4 is 16.9 Å². The van der Waals surface area contributed by atoms with Crippen LogP contribution < -0.4 is 5.56 Å². The molecule has 1 amide bonds. The predicted molar refractivity (Wildman–Crippen MR) is 118 cm³/mol. The first-order valence-electron chi connectivity index (χ1n) is 11.1. The van der Waals surface area contributed by atoms with Crippen molar-refractivity contribution < 1.29 is 4.79 Å². The van der Waals surface area contributed by atoms with Crippen LogP contribution in [-0.4, -0.2) is 43.4 Å². The second kappa shape index (κ2) is 7.87.